The molecule has 0 bridgehead atoms. The lowest BCUT2D eigenvalue weighted by Crippen LogP contribution is -1.98. The third-order valence-electron chi connectivity index (χ3n) is 1.29. The quantitative estimate of drug-likeness (QED) is 0.519. The van der Waals surface area contributed by atoms with Crippen LogP contribution in [0.15, 0.2) is 0 Å². The zero-order chi connectivity index (χ0) is 7.82. The molecule has 10 heavy (non-hydrogen) atoms. The topological polar surface area (TPSA) is 9.23 Å². The maximum absolute atomic E-state index is 5.26. The molecule has 1 radical (unpaired) electrons. The largest absolute Gasteiger partial charge is 0.373 e. The molecule has 0 spiro atoms. The number of rotatable bonds is 6. The Balaban J connectivity index is 2.77. The summed E-state index contributed by atoms with van der Waals surface area (Å²) in [6.45, 7) is 8.25. The maximum atomic E-state index is 5.26. The summed E-state index contributed by atoms with van der Waals surface area (Å²) in [4.78, 5) is 0. The summed E-state index contributed by atoms with van der Waals surface area (Å²) in [5.41, 5.74) is 0. The molecule has 0 amide bonds. The molecular weight excluding hydrogens is 124 g/mol. The minimum absolute atomic E-state index is 0.349. The Labute approximate surface area is 64.8 Å². The van der Waals surface area contributed by atoms with E-state index in [0.717, 1.165) is 6.42 Å². The van der Waals surface area contributed by atoms with Crippen molar-refractivity contribution in [2.45, 2.75) is 52.6 Å². The fourth-order valence-corrected chi connectivity index (χ4v) is 0.738. The van der Waals surface area contributed by atoms with Crippen LogP contribution in [0.2, 0.25) is 0 Å². The predicted octanol–water partition coefficient (Wildman–Crippen LogP) is 3.15. The van der Waals surface area contributed by atoms with Gasteiger partial charge in [0.1, 0.15) is 0 Å². The van der Waals surface area contributed by atoms with Crippen LogP contribution in [0.4, 0.5) is 0 Å². The standard InChI is InChI=1S/C9H19O/c1-4-5-6-7-8-10-9(2)3/h8-9H,4-7H2,1-3H3. The van der Waals surface area contributed by atoms with Gasteiger partial charge in [-0.1, -0.05) is 26.2 Å². The highest BCUT2D eigenvalue weighted by Gasteiger charge is 1.92. The van der Waals surface area contributed by atoms with Gasteiger partial charge in [0, 0.05) is 0 Å². The van der Waals surface area contributed by atoms with E-state index >= 15 is 0 Å². The third kappa shape index (κ3) is 7.96. The van der Waals surface area contributed by atoms with Crippen molar-refractivity contribution < 1.29 is 4.74 Å². The average Bonchev–Trinajstić information content (AvgIpc) is 1.87. The van der Waals surface area contributed by atoms with Crippen LogP contribution in [0.25, 0.3) is 0 Å². The smallest absolute Gasteiger partial charge is 0.0840 e. The third-order valence-corrected chi connectivity index (χ3v) is 1.29. The van der Waals surface area contributed by atoms with Crippen molar-refractivity contribution in [3.05, 3.63) is 6.61 Å². The van der Waals surface area contributed by atoms with Crippen molar-refractivity contribution in [2.75, 3.05) is 0 Å². The van der Waals surface area contributed by atoms with Gasteiger partial charge in [0.05, 0.1) is 12.7 Å². The number of hydrogen-bond donors (Lipinski definition) is 0. The second-order valence-corrected chi connectivity index (χ2v) is 2.85. The molecular formula is C9H19O. The Morgan fingerprint density at radius 1 is 1.30 bits per heavy atom. The summed E-state index contributed by atoms with van der Waals surface area (Å²) in [6, 6.07) is 0. The molecule has 0 saturated carbocycles. The molecule has 0 aliphatic carbocycles. The Bertz CT molecular complexity index is 59.7. The van der Waals surface area contributed by atoms with Crippen molar-refractivity contribution in [3.63, 3.8) is 0 Å². The molecule has 0 unspecified atom stereocenters. The molecule has 61 valence electrons. The lowest BCUT2D eigenvalue weighted by molar-refractivity contribution is 0.129. The van der Waals surface area contributed by atoms with Crippen molar-refractivity contribution in [1.82, 2.24) is 0 Å². The van der Waals surface area contributed by atoms with Crippen LogP contribution in [-0.2, 0) is 4.74 Å². The summed E-state index contributed by atoms with van der Waals surface area (Å²) in [6.07, 6.45) is 5.32. The van der Waals surface area contributed by atoms with Gasteiger partial charge in [-0.15, -0.1) is 0 Å². The van der Waals surface area contributed by atoms with Gasteiger partial charge in [-0.05, 0) is 20.3 Å². The van der Waals surface area contributed by atoms with Crippen molar-refractivity contribution >= 4 is 0 Å². The zero-order valence-electron chi connectivity index (χ0n) is 7.39. The first-order valence-corrected chi connectivity index (χ1v) is 4.24. The summed E-state index contributed by atoms with van der Waals surface area (Å²) in [7, 11) is 0. The van der Waals surface area contributed by atoms with Gasteiger partial charge < -0.3 is 4.74 Å². The fraction of sp³-hybridized carbons (Fsp3) is 0.889. The average molecular weight is 143 g/mol. The first-order chi connectivity index (χ1) is 4.77. The second-order valence-electron chi connectivity index (χ2n) is 2.85. The number of hydrogen-bond acceptors (Lipinski definition) is 1. The normalized spacial score (nSPS) is 10.8. The Morgan fingerprint density at radius 2 is 2.00 bits per heavy atom. The molecule has 0 aliphatic rings. The van der Waals surface area contributed by atoms with Crippen LogP contribution in [0.1, 0.15) is 46.5 Å². The highest BCUT2D eigenvalue weighted by atomic mass is 16.5. The minimum Gasteiger partial charge on any atom is -0.373 e. The van der Waals surface area contributed by atoms with Crippen LogP contribution in [0.5, 0.6) is 0 Å². The lowest BCUT2D eigenvalue weighted by atomic mass is 10.2. The monoisotopic (exact) mass is 143 g/mol. The molecule has 1 heteroatoms. The van der Waals surface area contributed by atoms with Crippen LogP contribution >= 0.6 is 0 Å². The molecule has 0 heterocycles. The van der Waals surface area contributed by atoms with Gasteiger partial charge >= 0.3 is 0 Å². The van der Waals surface area contributed by atoms with E-state index < -0.39 is 0 Å². The second kappa shape index (κ2) is 7.07. The summed E-state index contributed by atoms with van der Waals surface area (Å²) < 4.78 is 5.26. The van der Waals surface area contributed by atoms with E-state index in [-0.39, 0.29) is 0 Å². The number of unbranched alkanes of at least 4 members (excludes halogenated alkanes) is 3. The van der Waals surface area contributed by atoms with Crippen LogP contribution in [-0.4, -0.2) is 6.10 Å². The Morgan fingerprint density at radius 3 is 2.50 bits per heavy atom. The van der Waals surface area contributed by atoms with Gasteiger partial charge in [-0.2, -0.15) is 0 Å². The predicted molar refractivity (Wildman–Crippen MR) is 44.7 cm³/mol. The fourth-order valence-electron chi connectivity index (χ4n) is 0.738. The Hall–Kier alpha value is -0.0400. The van der Waals surface area contributed by atoms with E-state index in [4.69, 9.17) is 4.74 Å². The highest BCUT2D eigenvalue weighted by molar-refractivity contribution is 4.52. The van der Waals surface area contributed by atoms with E-state index in [2.05, 4.69) is 20.8 Å². The van der Waals surface area contributed by atoms with Crippen LogP contribution in [0.3, 0.4) is 0 Å². The lowest BCUT2D eigenvalue weighted by Gasteiger charge is -2.04. The Kier molecular flexibility index (Phi) is 7.04. The molecule has 0 saturated heterocycles. The first-order valence-electron chi connectivity index (χ1n) is 4.24. The molecule has 1 nitrogen and oxygen atoms in total. The van der Waals surface area contributed by atoms with Gasteiger partial charge in [-0.3, -0.25) is 0 Å². The minimum atomic E-state index is 0.349. The molecule has 0 N–H and O–H groups in total. The van der Waals surface area contributed by atoms with E-state index in [0.29, 0.717) is 6.10 Å². The van der Waals surface area contributed by atoms with Gasteiger partial charge in [0.25, 0.3) is 0 Å². The van der Waals surface area contributed by atoms with Crippen LogP contribution in [0, 0.1) is 6.61 Å². The van der Waals surface area contributed by atoms with E-state index in [1.165, 1.54) is 19.3 Å². The van der Waals surface area contributed by atoms with Crippen molar-refractivity contribution in [3.8, 4) is 0 Å². The van der Waals surface area contributed by atoms with Gasteiger partial charge in [0.15, 0.2) is 0 Å². The van der Waals surface area contributed by atoms with E-state index in [1.54, 1.807) is 0 Å². The molecule has 0 atom stereocenters. The molecule has 0 aromatic heterocycles. The van der Waals surface area contributed by atoms with Crippen LogP contribution < -0.4 is 0 Å². The van der Waals surface area contributed by atoms with Crippen molar-refractivity contribution in [1.29, 1.82) is 0 Å². The SMILES string of the molecule is CCCCC[CH]OC(C)C. The van der Waals surface area contributed by atoms with E-state index in [9.17, 15) is 0 Å². The highest BCUT2D eigenvalue weighted by Crippen LogP contribution is 2.03. The molecule has 0 aromatic rings. The zero-order valence-corrected chi connectivity index (χ0v) is 7.39. The molecule has 0 fully saturated rings. The maximum Gasteiger partial charge on any atom is 0.0840 e. The number of ether oxygens (including phenoxy) is 1. The van der Waals surface area contributed by atoms with Crippen molar-refractivity contribution in [2.24, 2.45) is 0 Å². The van der Waals surface area contributed by atoms with Gasteiger partial charge in [-0.25, -0.2) is 0 Å². The molecule has 0 aliphatic heterocycles. The van der Waals surface area contributed by atoms with Gasteiger partial charge in [0.2, 0.25) is 0 Å². The molecule has 0 rings (SSSR count). The summed E-state index contributed by atoms with van der Waals surface area (Å²) >= 11 is 0. The summed E-state index contributed by atoms with van der Waals surface area (Å²) in [5.74, 6) is 0. The first kappa shape index (κ1) is 9.96. The molecule has 0 aromatic carbocycles. The summed E-state index contributed by atoms with van der Waals surface area (Å²) in [5, 5.41) is 0. The van der Waals surface area contributed by atoms with E-state index in [1.807, 2.05) is 6.61 Å².